The van der Waals surface area contributed by atoms with Gasteiger partial charge in [0.25, 0.3) is 0 Å². The molecule has 0 aromatic carbocycles. The monoisotopic (exact) mass is 293 g/mol. The van der Waals surface area contributed by atoms with Gasteiger partial charge in [0.1, 0.15) is 0 Å². The summed E-state index contributed by atoms with van der Waals surface area (Å²) in [6.45, 7) is 7.97. The summed E-state index contributed by atoms with van der Waals surface area (Å²) >= 11 is 0. The number of nitrogens with one attached hydrogen (secondary N) is 1. The van der Waals surface area contributed by atoms with E-state index < -0.39 is 0 Å². The summed E-state index contributed by atoms with van der Waals surface area (Å²) in [5.74, 6) is 0. The molecule has 2 saturated heterocycles. The fraction of sp³-hybridized carbons (Fsp3) is 1.00. The highest BCUT2D eigenvalue weighted by Gasteiger charge is 2.36. The third-order valence-corrected chi connectivity index (χ3v) is 6.18. The molecule has 1 unspecified atom stereocenters. The summed E-state index contributed by atoms with van der Waals surface area (Å²) in [6, 6.07) is 0.866. The quantitative estimate of drug-likeness (QED) is 0.786. The molecule has 122 valence electrons. The maximum absolute atomic E-state index is 3.51. The Hall–Kier alpha value is -0.120. The van der Waals surface area contributed by atoms with E-state index in [1.54, 1.807) is 0 Å². The first-order chi connectivity index (χ1) is 10.3. The number of hydrogen-bond acceptors (Lipinski definition) is 3. The van der Waals surface area contributed by atoms with Gasteiger partial charge in [0.15, 0.2) is 0 Å². The predicted molar refractivity (Wildman–Crippen MR) is 89.7 cm³/mol. The van der Waals surface area contributed by atoms with Gasteiger partial charge in [-0.25, -0.2) is 0 Å². The third-order valence-electron chi connectivity index (χ3n) is 6.18. The Morgan fingerprint density at radius 2 is 1.67 bits per heavy atom. The first kappa shape index (κ1) is 15.8. The molecule has 0 aromatic rings. The van der Waals surface area contributed by atoms with Crippen molar-refractivity contribution in [2.75, 3.05) is 46.3 Å². The van der Waals surface area contributed by atoms with Crippen LogP contribution in [0.4, 0.5) is 0 Å². The van der Waals surface area contributed by atoms with Crippen LogP contribution in [0.2, 0.25) is 0 Å². The van der Waals surface area contributed by atoms with Crippen LogP contribution in [-0.2, 0) is 0 Å². The van der Waals surface area contributed by atoms with Gasteiger partial charge in [0.05, 0.1) is 0 Å². The van der Waals surface area contributed by atoms with Crippen molar-refractivity contribution in [2.45, 2.75) is 63.8 Å². The van der Waals surface area contributed by atoms with Gasteiger partial charge in [-0.2, -0.15) is 0 Å². The maximum atomic E-state index is 3.51. The minimum Gasteiger partial charge on any atom is -0.319 e. The molecule has 0 bridgehead atoms. The van der Waals surface area contributed by atoms with E-state index in [1.807, 2.05) is 0 Å². The van der Waals surface area contributed by atoms with Crippen LogP contribution in [0.3, 0.4) is 0 Å². The number of likely N-dealkylation sites (tertiary alicyclic amines) is 2. The van der Waals surface area contributed by atoms with Crippen molar-refractivity contribution < 1.29 is 0 Å². The van der Waals surface area contributed by atoms with E-state index in [4.69, 9.17) is 0 Å². The third kappa shape index (κ3) is 4.00. The Labute approximate surface area is 131 Å². The Kier molecular flexibility index (Phi) is 5.58. The number of nitrogens with zero attached hydrogens (tertiary/aromatic N) is 2. The van der Waals surface area contributed by atoms with Crippen LogP contribution < -0.4 is 5.32 Å². The lowest BCUT2D eigenvalue weighted by Gasteiger charge is -2.37. The molecule has 0 amide bonds. The zero-order chi connectivity index (χ0) is 14.5. The average molecular weight is 293 g/mol. The highest BCUT2D eigenvalue weighted by atomic mass is 15.3. The van der Waals surface area contributed by atoms with Gasteiger partial charge in [-0.3, -0.25) is 4.90 Å². The zero-order valence-corrected chi connectivity index (χ0v) is 14.1. The molecule has 0 radical (unpaired) electrons. The van der Waals surface area contributed by atoms with E-state index in [9.17, 15) is 0 Å². The molecule has 0 aromatic heterocycles. The predicted octanol–water partition coefficient (Wildman–Crippen LogP) is 2.72. The normalized spacial score (nSPS) is 31.6. The van der Waals surface area contributed by atoms with Crippen molar-refractivity contribution in [1.29, 1.82) is 0 Å². The van der Waals surface area contributed by atoms with Crippen molar-refractivity contribution in [3.05, 3.63) is 0 Å². The Morgan fingerprint density at radius 3 is 2.33 bits per heavy atom. The summed E-state index contributed by atoms with van der Waals surface area (Å²) in [5.41, 5.74) is 0.561. The molecule has 2 heterocycles. The van der Waals surface area contributed by atoms with Crippen LogP contribution in [0.25, 0.3) is 0 Å². The topological polar surface area (TPSA) is 18.5 Å². The largest absolute Gasteiger partial charge is 0.319 e. The van der Waals surface area contributed by atoms with E-state index in [-0.39, 0.29) is 0 Å². The summed E-state index contributed by atoms with van der Waals surface area (Å²) in [7, 11) is 2.14. The van der Waals surface area contributed by atoms with Crippen LogP contribution in [0.1, 0.15) is 57.8 Å². The fourth-order valence-electron chi connectivity index (χ4n) is 5.08. The van der Waals surface area contributed by atoms with Gasteiger partial charge in [-0.05, 0) is 64.2 Å². The van der Waals surface area contributed by atoms with Crippen molar-refractivity contribution in [3.63, 3.8) is 0 Å². The van der Waals surface area contributed by atoms with E-state index in [1.165, 1.54) is 97.1 Å². The Bertz CT molecular complexity index is 304. The van der Waals surface area contributed by atoms with Crippen LogP contribution >= 0.6 is 0 Å². The van der Waals surface area contributed by atoms with Gasteiger partial charge in [-0.15, -0.1) is 0 Å². The number of rotatable bonds is 5. The van der Waals surface area contributed by atoms with Crippen molar-refractivity contribution in [1.82, 2.24) is 15.1 Å². The van der Waals surface area contributed by atoms with Gasteiger partial charge >= 0.3 is 0 Å². The van der Waals surface area contributed by atoms with Crippen molar-refractivity contribution in [2.24, 2.45) is 5.41 Å². The molecule has 1 atom stereocenters. The molecule has 1 saturated carbocycles. The Morgan fingerprint density at radius 1 is 0.952 bits per heavy atom. The van der Waals surface area contributed by atoms with Crippen molar-refractivity contribution in [3.8, 4) is 0 Å². The second kappa shape index (κ2) is 7.43. The molecule has 3 rings (SSSR count). The minimum atomic E-state index is 0.561. The molecule has 21 heavy (non-hydrogen) atoms. The summed E-state index contributed by atoms with van der Waals surface area (Å²) in [5, 5.41) is 3.51. The van der Waals surface area contributed by atoms with Gasteiger partial charge in [0, 0.05) is 25.7 Å². The molecule has 1 aliphatic carbocycles. The van der Waals surface area contributed by atoms with E-state index in [0.717, 1.165) is 6.04 Å². The van der Waals surface area contributed by atoms with Crippen LogP contribution in [0.5, 0.6) is 0 Å². The van der Waals surface area contributed by atoms with E-state index >= 15 is 0 Å². The van der Waals surface area contributed by atoms with E-state index in [0.29, 0.717) is 5.41 Å². The van der Waals surface area contributed by atoms with Crippen LogP contribution in [0, 0.1) is 5.41 Å². The summed E-state index contributed by atoms with van der Waals surface area (Å²) in [6.07, 6.45) is 13.0. The SMILES string of the molecule is CNCC1(CN2CCC(N3CCCC3)C2)CCCCCC1. The minimum absolute atomic E-state index is 0.561. The lowest BCUT2D eigenvalue weighted by molar-refractivity contribution is 0.138. The molecule has 1 N–H and O–H groups in total. The molecule has 2 aliphatic heterocycles. The summed E-state index contributed by atoms with van der Waals surface area (Å²) in [4.78, 5) is 5.56. The van der Waals surface area contributed by atoms with E-state index in [2.05, 4.69) is 22.2 Å². The first-order valence-electron chi connectivity index (χ1n) is 9.42. The smallest absolute Gasteiger partial charge is 0.0235 e. The standard InChI is InChI=1S/C18H35N3/c1-19-15-18(9-4-2-3-5-10-18)16-20-13-8-17(14-20)21-11-6-7-12-21/h17,19H,2-16H2,1H3. The Balaban J connectivity index is 1.55. The van der Waals surface area contributed by atoms with Crippen molar-refractivity contribution >= 4 is 0 Å². The summed E-state index contributed by atoms with van der Waals surface area (Å²) < 4.78 is 0. The highest BCUT2D eigenvalue weighted by molar-refractivity contribution is 4.91. The number of hydrogen-bond donors (Lipinski definition) is 1. The molecule has 3 heteroatoms. The van der Waals surface area contributed by atoms with Gasteiger partial charge in [0.2, 0.25) is 0 Å². The molecule has 0 spiro atoms. The second-order valence-electron chi connectivity index (χ2n) is 7.87. The van der Waals surface area contributed by atoms with Crippen LogP contribution in [-0.4, -0.2) is 62.2 Å². The van der Waals surface area contributed by atoms with Crippen LogP contribution in [0.15, 0.2) is 0 Å². The molecule has 3 nitrogen and oxygen atoms in total. The molecular formula is C18H35N3. The lowest BCUT2D eigenvalue weighted by Crippen LogP contribution is -2.44. The zero-order valence-electron chi connectivity index (χ0n) is 14.1. The molecule has 3 fully saturated rings. The molecule has 3 aliphatic rings. The average Bonchev–Trinajstić information content (AvgIpc) is 3.09. The second-order valence-corrected chi connectivity index (χ2v) is 7.87. The van der Waals surface area contributed by atoms with Gasteiger partial charge < -0.3 is 10.2 Å². The highest BCUT2D eigenvalue weighted by Crippen LogP contribution is 2.36. The lowest BCUT2D eigenvalue weighted by atomic mass is 9.79. The fourth-order valence-corrected chi connectivity index (χ4v) is 5.08. The van der Waals surface area contributed by atoms with Gasteiger partial charge in [-0.1, -0.05) is 25.7 Å². The molecular weight excluding hydrogens is 258 g/mol. The maximum Gasteiger partial charge on any atom is 0.0235 e. The first-order valence-corrected chi connectivity index (χ1v) is 9.42.